The molecule has 0 saturated carbocycles. The molecule has 0 aliphatic carbocycles. The number of hydrogen-bond acceptors (Lipinski definition) is 6. The van der Waals surface area contributed by atoms with Crippen LogP contribution in [0.1, 0.15) is 55.1 Å². The minimum Gasteiger partial charge on any atom is -0.369 e. The van der Waals surface area contributed by atoms with Crippen LogP contribution in [0.5, 0.6) is 0 Å². The number of aryl methyl sites for hydroxylation is 6. The van der Waals surface area contributed by atoms with Crippen LogP contribution in [0.4, 0.5) is 0 Å². The second-order valence-corrected chi connectivity index (χ2v) is 5.91. The Kier molecular flexibility index (Phi) is 5.39. The third-order valence-corrected chi connectivity index (χ3v) is 3.84. The lowest BCUT2D eigenvalue weighted by Crippen LogP contribution is -2.38. The van der Waals surface area contributed by atoms with Gasteiger partial charge in [-0.05, 0) is 41.5 Å². The molecule has 0 radical (unpaired) electrons. The first-order chi connectivity index (χ1) is 12.1. The third kappa shape index (κ3) is 4.05. The van der Waals surface area contributed by atoms with E-state index in [0.29, 0.717) is 22.8 Å². The van der Waals surface area contributed by atoms with Crippen LogP contribution in [0.2, 0.25) is 0 Å². The summed E-state index contributed by atoms with van der Waals surface area (Å²) >= 11 is 0. The molecular weight excluding hydrogens is 334 g/mol. The summed E-state index contributed by atoms with van der Waals surface area (Å²) in [6.07, 6.45) is 0. The van der Waals surface area contributed by atoms with Gasteiger partial charge in [-0.25, -0.2) is 9.97 Å². The van der Waals surface area contributed by atoms with Crippen LogP contribution in [0, 0.1) is 41.5 Å². The number of nitrogens with one attached hydrogen (secondary N) is 1. The first-order valence-electron chi connectivity index (χ1n) is 7.93. The van der Waals surface area contributed by atoms with Gasteiger partial charge in [-0.1, -0.05) is 0 Å². The highest BCUT2D eigenvalue weighted by molar-refractivity contribution is 6.09. The van der Waals surface area contributed by atoms with E-state index in [2.05, 4.69) is 30.2 Å². The topological polar surface area (TPSA) is 136 Å². The average Bonchev–Trinajstić information content (AvgIpc) is 2.53. The van der Waals surface area contributed by atoms with E-state index in [9.17, 15) is 9.59 Å². The van der Waals surface area contributed by atoms with Crippen LogP contribution in [-0.4, -0.2) is 37.7 Å². The molecule has 0 aliphatic rings. The minimum atomic E-state index is -0.682. The molecule has 0 atom stereocenters. The zero-order chi connectivity index (χ0) is 19.6. The second kappa shape index (κ2) is 7.34. The molecule has 2 amide bonds. The fourth-order valence-corrected chi connectivity index (χ4v) is 2.21. The van der Waals surface area contributed by atoms with E-state index < -0.39 is 11.8 Å². The van der Waals surface area contributed by atoms with Crippen molar-refractivity contribution in [1.82, 2.24) is 25.3 Å². The maximum Gasteiger partial charge on any atom is 0.300 e. The van der Waals surface area contributed by atoms with Crippen LogP contribution in [0.15, 0.2) is 4.99 Å². The van der Waals surface area contributed by atoms with E-state index in [-0.39, 0.29) is 17.3 Å². The zero-order valence-electron chi connectivity index (χ0n) is 15.6. The van der Waals surface area contributed by atoms with Gasteiger partial charge in [0.2, 0.25) is 5.96 Å². The lowest BCUT2D eigenvalue weighted by atomic mass is 10.2. The third-order valence-electron chi connectivity index (χ3n) is 3.84. The van der Waals surface area contributed by atoms with E-state index in [4.69, 9.17) is 5.73 Å². The first-order valence-corrected chi connectivity index (χ1v) is 7.93. The molecule has 3 N–H and O–H groups in total. The van der Waals surface area contributed by atoms with Crippen molar-refractivity contribution in [1.29, 1.82) is 0 Å². The van der Waals surface area contributed by atoms with Crippen LogP contribution in [0.25, 0.3) is 0 Å². The van der Waals surface area contributed by atoms with Gasteiger partial charge in [-0.2, -0.15) is 4.99 Å². The zero-order valence-corrected chi connectivity index (χ0v) is 15.6. The van der Waals surface area contributed by atoms with Gasteiger partial charge >= 0.3 is 5.91 Å². The summed E-state index contributed by atoms with van der Waals surface area (Å²) in [5.41, 5.74) is 9.52. The number of amides is 2. The lowest BCUT2D eigenvalue weighted by Gasteiger charge is -2.08. The molecule has 0 saturated heterocycles. The molecule has 0 fully saturated rings. The number of carbonyl (C=O) groups excluding carboxylic acids is 2. The van der Waals surface area contributed by atoms with Gasteiger partial charge in [-0.15, -0.1) is 0 Å². The normalized spacial score (nSPS) is 11.4. The van der Waals surface area contributed by atoms with Crippen molar-refractivity contribution in [2.75, 3.05) is 0 Å². The molecule has 2 aromatic heterocycles. The molecule has 0 unspecified atom stereocenters. The molecule has 0 spiro atoms. The Bertz CT molecular complexity index is 935. The van der Waals surface area contributed by atoms with Crippen LogP contribution < -0.4 is 11.1 Å². The van der Waals surface area contributed by atoms with E-state index in [0.717, 1.165) is 11.4 Å². The van der Waals surface area contributed by atoms with E-state index >= 15 is 0 Å². The number of aliphatic imine (C=N–C) groups is 1. The van der Waals surface area contributed by atoms with Crippen molar-refractivity contribution in [3.05, 3.63) is 45.6 Å². The quantitative estimate of drug-likeness (QED) is 0.606. The van der Waals surface area contributed by atoms with Gasteiger partial charge in [0.05, 0.1) is 34.2 Å². The monoisotopic (exact) mass is 355 g/mol. The molecular formula is C17H21N7O2. The van der Waals surface area contributed by atoms with Crippen LogP contribution >= 0.6 is 0 Å². The average molecular weight is 355 g/mol. The summed E-state index contributed by atoms with van der Waals surface area (Å²) in [6.45, 7) is 10.4. The Morgan fingerprint density at radius 1 is 0.731 bits per heavy atom. The SMILES string of the molecule is Cc1nc(C)c(C(=O)N=C(N)NC(=O)c2nc(C)c(C)nc2C)nc1C. The number of hydrogen-bond donors (Lipinski definition) is 2. The molecule has 2 rings (SSSR count). The lowest BCUT2D eigenvalue weighted by molar-refractivity contribution is 0.0970. The van der Waals surface area contributed by atoms with Gasteiger partial charge in [0.25, 0.3) is 5.91 Å². The van der Waals surface area contributed by atoms with Crippen molar-refractivity contribution in [3.8, 4) is 0 Å². The van der Waals surface area contributed by atoms with E-state index in [1.165, 1.54) is 0 Å². The highest BCUT2D eigenvalue weighted by atomic mass is 16.2. The smallest absolute Gasteiger partial charge is 0.300 e. The maximum absolute atomic E-state index is 12.3. The summed E-state index contributed by atoms with van der Waals surface area (Å²) in [4.78, 5) is 45.2. The summed E-state index contributed by atoms with van der Waals surface area (Å²) in [5.74, 6) is -1.62. The first kappa shape index (κ1) is 19.1. The van der Waals surface area contributed by atoms with Gasteiger partial charge in [0.15, 0.2) is 5.69 Å². The highest BCUT2D eigenvalue weighted by Crippen LogP contribution is 2.09. The van der Waals surface area contributed by atoms with Crippen molar-refractivity contribution < 1.29 is 9.59 Å². The van der Waals surface area contributed by atoms with Crippen molar-refractivity contribution in [2.24, 2.45) is 10.7 Å². The molecule has 0 aromatic carbocycles. The summed E-state index contributed by atoms with van der Waals surface area (Å²) in [6, 6.07) is 0. The second-order valence-electron chi connectivity index (χ2n) is 5.91. The fourth-order valence-electron chi connectivity index (χ4n) is 2.21. The molecule has 9 heteroatoms. The van der Waals surface area contributed by atoms with Crippen LogP contribution in [0.3, 0.4) is 0 Å². The fraction of sp³-hybridized carbons (Fsp3) is 0.353. The number of carbonyl (C=O) groups is 2. The molecule has 0 bridgehead atoms. The van der Waals surface area contributed by atoms with Crippen molar-refractivity contribution >= 4 is 17.8 Å². The summed E-state index contributed by atoms with van der Waals surface area (Å²) in [5, 5.41) is 2.35. The van der Waals surface area contributed by atoms with Crippen LogP contribution in [-0.2, 0) is 0 Å². The van der Waals surface area contributed by atoms with Gasteiger partial charge in [0.1, 0.15) is 5.69 Å². The molecule has 2 heterocycles. The minimum absolute atomic E-state index is 0.0902. The van der Waals surface area contributed by atoms with E-state index in [1.54, 1.807) is 41.5 Å². The molecule has 0 aliphatic heterocycles. The van der Waals surface area contributed by atoms with Gasteiger partial charge in [-0.3, -0.25) is 24.9 Å². The van der Waals surface area contributed by atoms with Crippen molar-refractivity contribution in [2.45, 2.75) is 41.5 Å². The molecule has 26 heavy (non-hydrogen) atoms. The standard InChI is InChI=1S/C17H21N7O2/c1-7-9(3)21-13(11(5)19-7)15(25)23-17(18)24-16(26)14-12(6)20-8(2)10(4)22-14/h1-6H3,(H3,18,23,24,25,26). The predicted octanol–water partition coefficient (Wildman–Crippen LogP) is 1.00. The number of nitrogens with zero attached hydrogens (tertiary/aromatic N) is 5. The van der Waals surface area contributed by atoms with Gasteiger partial charge < -0.3 is 5.73 Å². The largest absolute Gasteiger partial charge is 0.369 e. The Morgan fingerprint density at radius 3 is 1.69 bits per heavy atom. The number of rotatable bonds is 2. The number of guanidine groups is 1. The Morgan fingerprint density at radius 2 is 1.15 bits per heavy atom. The van der Waals surface area contributed by atoms with Gasteiger partial charge in [0, 0.05) is 0 Å². The molecule has 136 valence electrons. The van der Waals surface area contributed by atoms with E-state index in [1.807, 2.05) is 0 Å². The predicted molar refractivity (Wildman–Crippen MR) is 95.9 cm³/mol. The maximum atomic E-state index is 12.3. The molecule has 2 aromatic rings. The summed E-state index contributed by atoms with van der Waals surface area (Å²) in [7, 11) is 0. The number of aromatic nitrogens is 4. The summed E-state index contributed by atoms with van der Waals surface area (Å²) < 4.78 is 0. The van der Waals surface area contributed by atoms with Crippen molar-refractivity contribution in [3.63, 3.8) is 0 Å². The molecule has 9 nitrogen and oxygen atoms in total. The Hall–Kier alpha value is -3.23. The number of nitrogens with two attached hydrogens (primary N) is 1. The Labute approximate surface area is 151 Å². The highest BCUT2D eigenvalue weighted by Gasteiger charge is 2.17. The Balaban J connectivity index is 2.23.